The van der Waals surface area contributed by atoms with Gasteiger partial charge in [0.05, 0.1) is 5.92 Å². The summed E-state index contributed by atoms with van der Waals surface area (Å²) in [7, 11) is 0. The van der Waals surface area contributed by atoms with E-state index in [4.69, 9.17) is 11.5 Å². The Morgan fingerprint density at radius 2 is 2.15 bits per heavy atom. The number of rotatable bonds is 3. The number of likely N-dealkylation sites (tertiary alicyclic amines) is 1. The molecule has 74 valence electrons. The average Bonchev–Trinajstić information content (AvgIpc) is 2.52. The Bertz CT molecular complexity index is 217. The molecule has 1 unspecified atom stereocenters. The summed E-state index contributed by atoms with van der Waals surface area (Å²) in [6.45, 7) is 1.46. The monoisotopic (exact) mass is 185 g/mol. The van der Waals surface area contributed by atoms with Crippen LogP contribution in [0.2, 0.25) is 0 Å². The molecule has 0 aromatic rings. The second-order valence-corrected chi connectivity index (χ2v) is 3.27. The van der Waals surface area contributed by atoms with Gasteiger partial charge in [-0.25, -0.2) is 0 Å². The highest BCUT2D eigenvalue weighted by molar-refractivity contribution is 5.81. The zero-order valence-corrected chi connectivity index (χ0v) is 7.53. The molecule has 1 rings (SSSR count). The molecule has 0 bridgehead atoms. The molecule has 5 heteroatoms. The number of primary amides is 1. The van der Waals surface area contributed by atoms with E-state index in [9.17, 15) is 9.59 Å². The zero-order chi connectivity index (χ0) is 9.84. The van der Waals surface area contributed by atoms with Crippen molar-refractivity contribution in [3.05, 3.63) is 0 Å². The fourth-order valence-electron chi connectivity index (χ4n) is 1.50. The first-order chi connectivity index (χ1) is 6.15. The molecule has 0 aliphatic carbocycles. The topological polar surface area (TPSA) is 89.4 Å². The van der Waals surface area contributed by atoms with E-state index >= 15 is 0 Å². The van der Waals surface area contributed by atoms with Gasteiger partial charge < -0.3 is 16.4 Å². The van der Waals surface area contributed by atoms with Gasteiger partial charge in [0, 0.05) is 26.1 Å². The van der Waals surface area contributed by atoms with Crippen molar-refractivity contribution in [1.29, 1.82) is 0 Å². The quantitative estimate of drug-likeness (QED) is 0.570. The molecule has 1 heterocycles. The highest BCUT2D eigenvalue weighted by Gasteiger charge is 2.28. The van der Waals surface area contributed by atoms with E-state index in [1.54, 1.807) is 4.90 Å². The minimum absolute atomic E-state index is 0.0197. The Labute approximate surface area is 77.1 Å². The van der Waals surface area contributed by atoms with Gasteiger partial charge in [0.1, 0.15) is 0 Å². The van der Waals surface area contributed by atoms with Crippen molar-refractivity contribution in [1.82, 2.24) is 4.90 Å². The molecule has 0 aromatic heterocycles. The first-order valence-corrected chi connectivity index (χ1v) is 4.42. The van der Waals surface area contributed by atoms with Crippen molar-refractivity contribution in [2.75, 3.05) is 19.6 Å². The Morgan fingerprint density at radius 3 is 2.62 bits per heavy atom. The van der Waals surface area contributed by atoms with Crippen LogP contribution in [-0.4, -0.2) is 36.3 Å². The Morgan fingerprint density at radius 1 is 1.46 bits per heavy atom. The minimum atomic E-state index is -0.317. The molecule has 0 radical (unpaired) electrons. The number of carbonyl (C=O) groups is 2. The summed E-state index contributed by atoms with van der Waals surface area (Å²) in [4.78, 5) is 23.7. The lowest BCUT2D eigenvalue weighted by Crippen LogP contribution is -2.32. The molecule has 0 saturated carbocycles. The van der Waals surface area contributed by atoms with E-state index in [-0.39, 0.29) is 17.7 Å². The number of carbonyl (C=O) groups excluding carboxylic acids is 2. The molecule has 1 aliphatic rings. The highest BCUT2D eigenvalue weighted by Crippen LogP contribution is 2.15. The van der Waals surface area contributed by atoms with Crippen molar-refractivity contribution in [3.63, 3.8) is 0 Å². The van der Waals surface area contributed by atoms with Crippen LogP contribution in [0.5, 0.6) is 0 Å². The number of nitrogens with two attached hydrogens (primary N) is 2. The van der Waals surface area contributed by atoms with Gasteiger partial charge in [-0.15, -0.1) is 0 Å². The molecule has 4 N–H and O–H groups in total. The van der Waals surface area contributed by atoms with Gasteiger partial charge in [-0.1, -0.05) is 0 Å². The third kappa shape index (κ3) is 2.42. The fourth-order valence-corrected chi connectivity index (χ4v) is 1.50. The van der Waals surface area contributed by atoms with Crippen LogP contribution in [0.15, 0.2) is 0 Å². The molecule has 2 amide bonds. The predicted molar refractivity (Wildman–Crippen MR) is 47.6 cm³/mol. The lowest BCUT2D eigenvalue weighted by Gasteiger charge is -2.14. The normalized spacial score (nSPS) is 21.9. The lowest BCUT2D eigenvalue weighted by molar-refractivity contribution is -0.130. The van der Waals surface area contributed by atoms with Crippen LogP contribution in [0.3, 0.4) is 0 Å². The summed E-state index contributed by atoms with van der Waals surface area (Å²) in [6, 6.07) is 0. The maximum atomic E-state index is 11.3. The van der Waals surface area contributed by atoms with E-state index in [1.165, 1.54) is 0 Å². The van der Waals surface area contributed by atoms with Crippen LogP contribution < -0.4 is 11.5 Å². The van der Waals surface area contributed by atoms with E-state index in [0.717, 1.165) is 0 Å². The first-order valence-electron chi connectivity index (χ1n) is 4.42. The Hall–Kier alpha value is -1.10. The van der Waals surface area contributed by atoms with E-state index in [1.807, 2.05) is 0 Å². The third-order valence-electron chi connectivity index (χ3n) is 2.30. The van der Waals surface area contributed by atoms with Gasteiger partial charge in [-0.2, -0.15) is 0 Å². The van der Waals surface area contributed by atoms with Gasteiger partial charge in [0.2, 0.25) is 11.8 Å². The van der Waals surface area contributed by atoms with Crippen LogP contribution in [0.25, 0.3) is 0 Å². The average molecular weight is 185 g/mol. The molecule has 1 saturated heterocycles. The first kappa shape index (κ1) is 9.98. The SMILES string of the molecule is NCCC(=O)N1CCC(C(N)=O)C1. The van der Waals surface area contributed by atoms with E-state index in [0.29, 0.717) is 32.5 Å². The van der Waals surface area contributed by atoms with Gasteiger partial charge in [-0.3, -0.25) is 9.59 Å². The minimum Gasteiger partial charge on any atom is -0.369 e. The number of hydrogen-bond donors (Lipinski definition) is 2. The standard InChI is InChI=1S/C8H15N3O2/c9-3-1-7(12)11-4-2-6(5-11)8(10)13/h6H,1-5,9H2,(H2,10,13). The van der Waals surface area contributed by atoms with Crippen molar-refractivity contribution < 1.29 is 9.59 Å². The Balaban J connectivity index is 2.40. The predicted octanol–water partition coefficient (Wildman–Crippen LogP) is -1.33. The molecule has 5 nitrogen and oxygen atoms in total. The van der Waals surface area contributed by atoms with Gasteiger partial charge in [0.25, 0.3) is 0 Å². The second kappa shape index (κ2) is 4.23. The number of hydrogen-bond acceptors (Lipinski definition) is 3. The molecule has 13 heavy (non-hydrogen) atoms. The smallest absolute Gasteiger partial charge is 0.223 e. The highest BCUT2D eigenvalue weighted by atomic mass is 16.2. The van der Waals surface area contributed by atoms with Gasteiger partial charge >= 0.3 is 0 Å². The van der Waals surface area contributed by atoms with Gasteiger partial charge in [0.15, 0.2) is 0 Å². The summed E-state index contributed by atoms with van der Waals surface area (Å²) in [5.41, 5.74) is 10.4. The van der Waals surface area contributed by atoms with Gasteiger partial charge in [-0.05, 0) is 6.42 Å². The van der Waals surface area contributed by atoms with E-state index in [2.05, 4.69) is 0 Å². The molecule has 0 aromatic carbocycles. The van der Waals surface area contributed by atoms with Crippen molar-refractivity contribution in [2.45, 2.75) is 12.8 Å². The molecule has 1 fully saturated rings. The van der Waals surface area contributed by atoms with Crippen molar-refractivity contribution >= 4 is 11.8 Å². The molecule has 1 aliphatic heterocycles. The molecular formula is C8H15N3O2. The van der Waals surface area contributed by atoms with Crippen LogP contribution in [0.1, 0.15) is 12.8 Å². The number of nitrogens with zero attached hydrogens (tertiary/aromatic N) is 1. The lowest BCUT2D eigenvalue weighted by atomic mass is 10.1. The van der Waals surface area contributed by atoms with Crippen LogP contribution in [-0.2, 0) is 9.59 Å². The molecular weight excluding hydrogens is 170 g/mol. The van der Waals surface area contributed by atoms with Crippen molar-refractivity contribution in [2.24, 2.45) is 17.4 Å². The third-order valence-corrected chi connectivity index (χ3v) is 2.30. The summed E-state index contributed by atoms with van der Waals surface area (Å²) in [5.74, 6) is -0.462. The van der Waals surface area contributed by atoms with Crippen LogP contribution in [0, 0.1) is 5.92 Å². The maximum Gasteiger partial charge on any atom is 0.223 e. The zero-order valence-electron chi connectivity index (χ0n) is 7.53. The fraction of sp³-hybridized carbons (Fsp3) is 0.750. The summed E-state index contributed by atoms with van der Waals surface area (Å²) in [5, 5.41) is 0. The Kier molecular flexibility index (Phi) is 3.25. The molecule has 1 atom stereocenters. The second-order valence-electron chi connectivity index (χ2n) is 3.27. The van der Waals surface area contributed by atoms with Crippen LogP contribution >= 0.6 is 0 Å². The summed E-state index contributed by atoms with van der Waals surface area (Å²) < 4.78 is 0. The summed E-state index contributed by atoms with van der Waals surface area (Å²) in [6.07, 6.45) is 1.04. The summed E-state index contributed by atoms with van der Waals surface area (Å²) >= 11 is 0. The maximum absolute atomic E-state index is 11.3. The van der Waals surface area contributed by atoms with E-state index < -0.39 is 0 Å². The largest absolute Gasteiger partial charge is 0.369 e. The molecule has 0 spiro atoms. The number of amides is 2. The van der Waals surface area contributed by atoms with Crippen LogP contribution in [0.4, 0.5) is 0 Å². The van der Waals surface area contributed by atoms with Crippen molar-refractivity contribution in [3.8, 4) is 0 Å².